The fourth-order valence-corrected chi connectivity index (χ4v) is 5.96. The Kier molecular flexibility index (Phi) is 6.16. The second-order valence-electron chi connectivity index (χ2n) is 8.73. The van der Waals surface area contributed by atoms with E-state index in [9.17, 15) is 4.79 Å². The number of aryl methyl sites for hydroxylation is 2. The molecule has 3 heterocycles. The average Bonchev–Trinajstić information content (AvgIpc) is 3.49. The van der Waals surface area contributed by atoms with Gasteiger partial charge in [0.2, 0.25) is 0 Å². The summed E-state index contributed by atoms with van der Waals surface area (Å²) in [5.74, 6) is -0.0494. The largest absolute Gasteiger partial charge is 0.308 e. The third-order valence-electron chi connectivity index (χ3n) is 5.79. The number of hydrogen-bond donors (Lipinski definition) is 0. The highest BCUT2D eigenvalue weighted by molar-refractivity contribution is 7.22. The minimum Gasteiger partial charge on any atom is -0.308 e. The minimum absolute atomic E-state index is 0.0494. The number of anilines is 1. The summed E-state index contributed by atoms with van der Waals surface area (Å²) in [5, 5.41) is 3.62. The SMILES string of the molecule is Cc1cc(C)c2nc(N(CCN(C)C)C(=O)c3cc(-c4cccs4)nc4ccccc34)sc2c1. The molecule has 7 heteroatoms. The number of carbonyl (C=O) groups excluding carboxylic acids is 1. The van der Waals surface area contributed by atoms with E-state index in [0.29, 0.717) is 12.1 Å². The van der Waals surface area contributed by atoms with Crippen LogP contribution in [0.1, 0.15) is 21.5 Å². The molecule has 34 heavy (non-hydrogen) atoms. The van der Waals surface area contributed by atoms with Crippen LogP contribution in [0.5, 0.6) is 0 Å². The van der Waals surface area contributed by atoms with Crippen LogP contribution in [0.4, 0.5) is 5.13 Å². The van der Waals surface area contributed by atoms with E-state index in [-0.39, 0.29) is 5.91 Å². The summed E-state index contributed by atoms with van der Waals surface area (Å²) in [6.07, 6.45) is 0. The van der Waals surface area contributed by atoms with Crippen molar-refractivity contribution in [3.63, 3.8) is 0 Å². The Labute approximate surface area is 207 Å². The molecule has 0 radical (unpaired) electrons. The second-order valence-corrected chi connectivity index (χ2v) is 10.7. The number of hydrogen-bond acceptors (Lipinski definition) is 6. The summed E-state index contributed by atoms with van der Waals surface area (Å²) in [4.78, 5) is 28.9. The Morgan fingerprint density at radius 3 is 2.56 bits per heavy atom. The molecule has 1 amide bonds. The van der Waals surface area contributed by atoms with Gasteiger partial charge in [0.15, 0.2) is 5.13 Å². The van der Waals surface area contributed by atoms with Crippen LogP contribution in [0.15, 0.2) is 60.0 Å². The number of fused-ring (bicyclic) bond motifs is 2. The molecule has 0 aliphatic heterocycles. The van der Waals surface area contributed by atoms with Gasteiger partial charge in [0.25, 0.3) is 5.91 Å². The molecule has 0 saturated carbocycles. The van der Waals surface area contributed by atoms with Crippen LogP contribution in [0.2, 0.25) is 0 Å². The van der Waals surface area contributed by atoms with Gasteiger partial charge in [-0.05, 0) is 68.7 Å². The molecular formula is C27H26N4OS2. The first kappa shape index (κ1) is 22.7. The molecular weight excluding hydrogens is 460 g/mol. The van der Waals surface area contributed by atoms with Crippen molar-refractivity contribution in [3.8, 4) is 10.6 Å². The first-order chi connectivity index (χ1) is 16.4. The summed E-state index contributed by atoms with van der Waals surface area (Å²) >= 11 is 3.20. The Bertz CT molecular complexity index is 1490. The first-order valence-corrected chi connectivity index (χ1v) is 12.9. The van der Waals surface area contributed by atoms with E-state index in [2.05, 4.69) is 30.9 Å². The van der Waals surface area contributed by atoms with Crippen LogP contribution in [0, 0.1) is 13.8 Å². The van der Waals surface area contributed by atoms with Crippen molar-refractivity contribution >= 4 is 54.8 Å². The van der Waals surface area contributed by atoms with E-state index < -0.39 is 0 Å². The first-order valence-electron chi connectivity index (χ1n) is 11.2. The number of nitrogens with zero attached hydrogens (tertiary/aromatic N) is 4. The van der Waals surface area contributed by atoms with Gasteiger partial charge in [0, 0.05) is 18.5 Å². The Balaban J connectivity index is 1.66. The van der Waals surface area contributed by atoms with Gasteiger partial charge in [0.05, 0.1) is 31.9 Å². The van der Waals surface area contributed by atoms with E-state index in [1.54, 1.807) is 22.7 Å². The van der Waals surface area contributed by atoms with Gasteiger partial charge in [-0.25, -0.2) is 9.97 Å². The van der Waals surface area contributed by atoms with Gasteiger partial charge in [-0.2, -0.15) is 0 Å². The lowest BCUT2D eigenvalue weighted by atomic mass is 10.1. The molecule has 0 bridgehead atoms. The molecule has 0 aliphatic rings. The van der Waals surface area contributed by atoms with Crippen molar-refractivity contribution in [1.29, 1.82) is 0 Å². The lowest BCUT2D eigenvalue weighted by Crippen LogP contribution is -2.37. The van der Waals surface area contributed by atoms with Gasteiger partial charge < -0.3 is 4.90 Å². The van der Waals surface area contributed by atoms with Crippen LogP contribution in [0.3, 0.4) is 0 Å². The van der Waals surface area contributed by atoms with Gasteiger partial charge in [-0.15, -0.1) is 11.3 Å². The maximum absolute atomic E-state index is 14.2. The van der Waals surface area contributed by atoms with Crippen LogP contribution in [-0.4, -0.2) is 48.0 Å². The fraction of sp³-hybridized carbons (Fsp3) is 0.222. The molecule has 0 atom stereocenters. The number of likely N-dealkylation sites (N-methyl/N-ethyl adjacent to an activating group) is 1. The molecule has 5 nitrogen and oxygen atoms in total. The van der Waals surface area contributed by atoms with E-state index in [1.165, 1.54) is 5.56 Å². The summed E-state index contributed by atoms with van der Waals surface area (Å²) in [6.45, 7) is 5.46. The molecule has 172 valence electrons. The molecule has 0 N–H and O–H groups in total. The highest BCUT2D eigenvalue weighted by Crippen LogP contribution is 2.34. The van der Waals surface area contributed by atoms with Gasteiger partial charge in [-0.1, -0.05) is 41.7 Å². The van der Waals surface area contributed by atoms with Crippen molar-refractivity contribution in [3.05, 3.63) is 76.7 Å². The van der Waals surface area contributed by atoms with Crippen molar-refractivity contribution in [1.82, 2.24) is 14.9 Å². The minimum atomic E-state index is -0.0494. The molecule has 0 aliphatic carbocycles. The number of pyridine rings is 1. The van der Waals surface area contributed by atoms with Crippen molar-refractivity contribution in [2.45, 2.75) is 13.8 Å². The quantitative estimate of drug-likeness (QED) is 0.279. The molecule has 5 aromatic rings. The van der Waals surface area contributed by atoms with Crippen LogP contribution in [-0.2, 0) is 0 Å². The third kappa shape index (κ3) is 4.34. The van der Waals surface area contributed by atoms with Gasteiger partial charge in [-0.3, -0.25) is 9.69 Å². The molecule has 0 unspecified atom stereocenters. The Morgan fingerprint density at radius 2 is 1.79 bits per heavy atom. The number of rotatable bonds is 6. The molecule has 0 fully saturated rings. The highest BCUT2D eigenvalue weighted by atomic mass is 32.1. The molecule has 2 aromatic carbocycles. The fourth-order valence-electron chi connectivity index (χ4n) is 4.11. The average molecular weight is 487 g/mol. The molecule has 3 aromatic heterocycles. The highest BCUT2D eigenvalue weighted by Gasteiger charge is 2.24. The van der Waals surface area contributed by atoms with E-state index in [0.717, 1.165) is 48.9 Å². The maximum Gasteiger partial charge on any atom is 0.260 e. The molecule has 0 saturated heterocycles. The van der Waals surface area contributed by atoms with Crippen LogP contribution >= 0.6 is 22.7 Å². The number of para-hydroxylation sites is 1. The summed E-state index contributed by atoms with van der Waals surface area (Å²) in [7, 11) is 4.04. The number of aromatic nitrogens is 2. The van der Waals surface area contributed by atoms with Crippen LogP contribution in [0.25, 0.3) is 31.7 Å². The van der Waals surface area contributed by atoms with Crippen LogP contribution < -0.4 is 4.90 Å². The number of thiazole rings is 1. The zero-order valence-corrected chi connectivity index (χ0v) is 21.3. The number of carbonyl (C=O) groups is 1. The maximum atomic E-state index is 14.2. The monoisotopic (exact) mass is 486 g/mol. The van der Waals surface area contributed by atoms with E-state index in [4.69, 9.17) is 9.97 Å². The predicted octanol–water partition coefficient (Wildman–Crippen LogP) is 6.40. The van der Waals surface area contributed by atoms with E-state index >= 15 is 0 Å². The Morgan fingerprint density at radius 1 is 0.971 bits per heavy atom. The lowest BCUT2D eigenvalue weighted by molar-refractivity contribution is 0.0986. The lowest BCUT2D eigenvalue weighted by Gasteiger charge is -2.23. The van der Waals surface area contributed by atoms with Gasteiger partial charge >= 0.3 is 0 Å². The number of amides is 1. The van der Waals surface area contributed by atoms with Crippen molar-refractivity contribution < 1.29 is 4.79 Å². The molecule has 0 spiro atoms. The summed E-state index contributed by atoms with van der Waals surface area (Å²) in [6, 6.07) is 18.1. The second kappa shape index (κ2) is 9.25. The standard InChI is InChI=1S/C27H26N4OS2/c1-17-14-18(2)25-24(15-17)34-27(29-25)31(12-11-30(3)4)26(32)20-16-22(23-10-7-13-33-23)28-21-9-6-5-8-19(20)21/h5-10,13-16H,11-12H2,1-4H3. The van der Waals surface area contributed by atoms with Crippen molar-refractivity contribution in [2.75, 3.05) is 32.1 Å². The number of thiophene rings is 1. The Hall–Kier alpha value is -3.13. The van der Waals surface area contributed by atoms with E-state index in [1.807, 2.05) is 66.8 Å². The zero-order valence-electron chi connectivity index (χ0n) is 19.7. The summed E-state index contributed by atoms with van der Waals surface area (Å²) < 4.78 is 1.11. The number of benzene rings is 2. The van der Waals surface area contributed by atoms with Gasteiger partial charge in [0.1, 0.15) is 0 Å². The predicted molar refractivity (Wildman–Crippen MR) is 144 cm³/mol. The zero-order chi connectivity index (χ0) is 23.8. The normalized spacial score (nSPS) is 11.6. The smallest absolute Gasteiger partial charge is 0.260 e. The third-order valence-corrected chi connectivity index (χ3v) is 7.70. The molecule has 5 rings (SSSR count). The summed E-state index contributed by atoms with van der Waals surface area (Å²) in [5.41, 5.74) is 5.59. The topological polar surface area (TPSA) is 49.3 Å². The van der Waals surface area contributed by atoms with Crippen molar-refractivity contribution in [2.24, 2.45) is 0 Å².